The SMILES string of the molecule is O=[N+](OCC=Cc1ccccc1)OCC=Cc1ccccc1. The molecule has 2 rings (SSSR count). The molecule has 0 heterocycles. The molecule has 22 heavy (non-hydrogen) atoms. The normalized spacial score (nSPS) is 10.9. The number of nitrogens with zero attached hydrogens (tertiary/aromatic N) is 1. The molecule has 112 valence electrons. The summed E-state index contributed by atoms with van der Waals surface area (Å²) in [5.74, 6) is 0. The third kappa shape index (κ3) is 6.05. The minimum Gasteiger partial charge on any atom is -0.182 e. The van der Waals surface area contributed by atoms with Crippen LogP contribution in [0.15, 0.2) is 72.8 Å². The third-order valence-electron chi connectivity index (χ3n) is 2.77. The van der Waals surface area contributed by atoms with Crippen molar-refractivity contribution in [1.82, 2.24) is 0 Å². The van der Waals surface area contributed by atoms with Crippen molar-refractivity contribution in [2.24, 2.45) is 0 Å². The Morgan fingerprint density at radius 3 is 1.55 bits per heavy atom. The maximum absolute atomic E-state index is 11.3. The fraction of sp³-hybridized carbons (Fsp3) is 0.111. The maximum Gasteiger partial charge on any atom is 0.478 e. The van der Waals surface area contributed by atoms with Crippen LogP contribution in [0.1, 0.15) is 11.1 Å². The van der Waals surface area contributed by atoms with E-state index in [2.05, 4.69) is 0 Å². The summed E-state index contributed by atoms with van der Waals surface area (Å²) in [7, 11) is 0. The average molecular weight is 296 g/mol. The molecular weight excluding hydrogens is 278 g/mol. The number of benzene rings is 2. The number of hydrogen-bond donors (Lipinski definition) is 0. The molecule has 0 fully saturated rings. The van der Waals surface area contributed by atoms with Crippen LogP contribution in [0.2, 0.25) is 0 Å². The molecule has 0 spiro atoms. The van der Waals surface area contributed by atoms with Crippen LogP contribution in [0.5, 0.6) is 0 Å². The second kappa shape index (κ2) is 9.13. The van der Waals surface area contributed by atoms with E-state index in [4.69, 9.17) is 9.68 Å². The van der Waals surface area contributed by atoms with Gasteiger partial charge in [0.15, 0.2) is 13.2 Å². The van der Waals surface area contributed by atoms with E-state index in [1.807, 2.05) is 72.8 Å². The lowest BCUT2D eigenvalue weighted by atomic mass is 10.2. The first-order chi connectivity index (χ1) is 10.8. The molecule has 0 saturated heterocycles. The van der Waals surface area contributed by atoms with Crippen LogP contribution >= 0.6 is 0 Å². The van der Waals surface area contributed by atoms with Crippen molar-refractivity contribution in [2.75, 3.05) is 13.2 Å². The molecule has 0 aliphatic heterocycles. The molecule has 0 aromatic heterocycles. The summed E-state index contributed by atoms with van der Waals surface area (Å²) in [5.41, 5.74) is 2.10. The monoisotopic (exact) mass is 296 g/mol. The van der Waals surface area contributed by atoms with Gasteiger partial charge in [-0.25, -0.2) is 0 Å². The van der Waals surface area contributed by atoms with Gasteiger partial charge < -0.3 is 0 Å². The van der Waals surface area contributed by atoms with E-state index in [0.717, 1.165) is 11.1 Å². The van der Waals surface area contributed by atoms with Crippen molar-refractivity contribution in [3.05, 3.63) is 88.8 Å². The minimum absolute atomic E-state index is 0.130. The largest absolute Gasteiger partial charge is 0.478 e. The summed E-state index contributed by atoms with van der Waals surface area (Å²) < 4.78 is 0. The van der Waals surface area contributed by atoms with Crippen molar-refractivity contribution in [3.8, 4) is 0 Å². The molecular formula is C18H18NO3+. The van der Waals surface area contributed by atoms with Crippen LogP contribution < -0.4 is 0 Å². The lowest BCUT2D eigenvalue weighted by Crippen LogP contribution is -2.10. The highest BCUT2D eigenvalue weighted by Crippen LogP contribution is 2.01. The van der Waals surface area contributed by atoms with Crippen LogP contribution in [0.4, 0.5) is 0 Å². The van der Waals surface area contributed by atoms with Crippen molar-refractivity contribution in [3.63, 3.8) is 0 Å². The van der Waals surface area contributed by atoms with Gasteiger partial charge in [0, 0.05) is 0 Å². The van der Waals surface area contributed by atoms with Gasteiger partial charge in [0.05, 0.1) is 0 Å². The topological polar surface area (TPSA) is 38.5 Å². The zero-order valence-electron chi connectivity index (χ0n) is 12.2. The molecule has 0 unspecified atom stereocenters. The van der Waals surface area contributed by atoms with Gasteiger partial charge in [-0.05, 0) is 23.3 Å². The predicted octanol–water partition coefficient (Wildman–Crippen LogP) is 4.06. The standard InChI is InChI=1S/C18H18NO3/c20-19(21-15-7-13-17-9-3-1-4-10-17)22-16-8-14-18-11-5-2-6-12-18/h1-14H,15-16H2/q+1. The molecule has 0 bridgehead atoms. The van der Waals surface area contributed by atoms with Gasteiger partial charge in [-0.2, -0.15) is 9.68 Å². The first kappa shape index (κ1) is 15.5. The molecule has 4 heteroatoms. The Kier molecular flexibility index (Phi) is 6.43. The molecule has 0 atom stereocenters. The fourth-order valence-corrected chi connectivity index (χ4v) is 1.74. The van der Waals surface area contributed by atoms with E-state index < -0.39 is 0 Å². The molecule has 4 nitrogen and oxygen atoms in total. The van der Waals surface area contributed by atoms with Crippen molar-refractivity contribution >= 4 is 12.2 Å². The molecule has 2 aromatic carbocycles. The second-order valence-electron chi connectivity index (χ2n) is 4.44. The van der Waals surface area contributed by atoms with Crippen LogP contribution in [0.3, 0.4) is 0 Å². The van der Waals surface area contributed by atoms with E-state index in [1.165, 1.54) is 0 Å². The zero-order chi connectivity index (χ0) is 15.5. The molecule has 0 aliphatic rings. The van der Waals surface area contributed by atoms with Gasteiger partial charge in [0.25, 0.3) is 0 Å². The Bertz CT molecular complexity index is 566. The number of hydrogen-bond acceptors (Lipinski definition) is 3. The molecule has 0 radical (unpaired) electrons. The first-order valence-electron chi connectivity index (χ1n) is 7.01. The lowest BCUT2D eigenvalue weighted by molar-refractivity contribution is -0.978. The number of rotatable bonds is 8. The molecule has 0 N–H and O–H groups in total. The quantitative estimate of drug-likeness (QED) is 0.690. The van der Waals surface area contributed by atoms with E-state index in [0.29, 0.717) is 0 Å². The summed E-state index contributed by atoms with van der Waals surface area (Å²) in [6, 6.07) is 19.6. The van der Waals surface area contributed by atoms with Crippen molar-refractivity contribution < 1.29 is 14.8 Å². The summed E-state index contributed by atoms with van der Waals surface area (Å²) in [5, 5.41) is 0.130. The van der Waals surface area contributed by atoms with Crippen molar-refractivity contribution in [2.45, 2.75) is 0 Å². The van der Waals surface area contributed by atoms with Crippen LogP contribution in [-0.4, -0.2) is 18.3 Å². The minimum atomic E-state index is 0.130. The average Bonchev–Trinajstić information content (AvgIpc) is 2.57. The Morgan fingerprint density at radius 2 is 1.14 bits per heavy atom. The first-order valence-corrected chi connectivity index (χ1v) is 7.01. The smallest absolute Gasteiger partial charge is 0.182 e. The van der Waals surface area contributed by atoms with Gasteiger partial charge in [-0.15, -0.1) is 0 Å². The zero-order valence-corrected chi connectivity index (χ0v) is 12.2. The Labute approximate surface area is 129 Å². The Hall–Kier alpha value is -2.88. The van der Waals surface area contributed by atoms with Gasteiger partial charge in [0.1, 0.15) is 4.91 Å². The second-order valence-corrected chi connectivity index (χ2v) is 4.44. The maximum atomic E-state index is 11.3. The summed E-state index contributed by atoms with van der Waals surface area (Å²) in [6.45, 7) is 0.307. The fourth-order valence-electron chi connectivity index (χ4n) is 1.74. The molecule has 2 aromatic rings. The predicted molar refractivity (Wildman–Crippen MR) is 86.5 cm³/mol. The summed E-state index contributed by atoms with van der Waals surface area (Å²) in [6.07, 6.45) is 7.26. The highest BCUT2D eigenvalue weighted by molar-refractivity contribution is 5.49. The summed E-state index contributed by atoms with van der Waals surface area (Å²) >= 11 is 0. The van der Waals surface area contributed by atoms with E-state index in [-0.39, 0.29) is 18.3 Å². The van der Waals surface area contributed by atoms with Gasteiger partial charge >= 0.3 is 5.09 Å². The molecule has 0 saturated carbocycles. The van der Waals surface area contributed by atoms with E-state index >= 15 is 0 Å². The Morgan fingerprint density at radius 1 is 0.727 bits per heavy atom. The third-order valence-corrected chi connectivity index (χ3v) is 2.77. The van der Waals surface area contributed by atoms with E-state index in [9.17, 15) is 4.91 Å². The highest BCUT2D eigenvalue weighted by Gasteiger charge is 2.08. The van der Waals surface area contributed by atoms with Gasteiger partial charge in [0.2, 0.25) is 0 Å². The van der Waals surface area contributed by atoms with Crippen LogP contribution in [0, 0.1) is 4.91 Å². The van der Waals surface area contributed by atoms with Crippen LogP contribution in [0.25, 0.3) is 12.2 Å². The molecule has 0 aliphatic carbocycles. The Balaban J connectivity index is 1.62. The van der Waals surface area contributed by atoms with E-state index in [1.54, 1.807) is 12.2 Å². The highest BCUT2D eigenvalue weighted by atomic mass is 17.0. The van der Waals surface area contributed by atoms with Gasteiger partial charge in [-0.1, -0.05) is 72.8 Å². The van der Waals surface area contributed by atoms with Gasteiger partial charge in [-0.3, -0.25) is 0 Å². The van der Waals surface area contributed by atoms with Crippen LogP contribution in [-0.2, 0) is 9.68 Å². The van der Waals surface area contributed by atoms with Crippen molar-refractivity contribution in [1.29, 1.82) is 0 Å². The summed E-state index contributed by atoms with van der Waals surface area (Å²) in [4.78, 5) is 21.0. The lowest BCUT2D eigenvalue weighted by Gasteiger charge is -1.92. The molecule has 0 amide bonds.